The SMILES string of the molecule is CC(=O)Nc1ccc(NC(=O)[C@H]2CCCN(S(=O)(=O)c3ccc4c(c3)CCCN4C(C)=O)C2)cc1. The minimum absolute atomic E-state index is 0.0591. The van der Waals surface area contributed by atoms with Gasteiger partial charge >= 0.3 is 0 Å². The highest BCUT2D eigenvalue weighted by molar-refractivity contribution is 7.89. The predicted molar refractivity (Wildman–Crippen MR) is 134 cm³/mol. The van der Waals surface area contributed by atoms with Crippen LogP contribution in [0.4, 0.5) is 17.1 Å². The number of sulfonamides is 1. The standard InChI is InChI=1S/C25H30N4O5S/c1-17(30)26-21-7-9-22(10-8-21)27-25(32)20-6-3-13-28(16-20)35(33,34)23-11-12-24-19(15-23)5-4-14-29(24)18(2)31/h7-12,15,20H,3-6,13-14,16H2,1-2H3,(H,26,30)(H,27,32)/t20-/m0/s1. The molecule has 3 amide bonds. The third-order valence-electron chi connectivity index (χ3n) is 6.42. The number of carbonyl (C=O) groups excluding carboxylic acids is 3. The fourth-order valence-corrected chi connectivity index (χ4v) is 6.24. The van der Waals surface area contributed by atoms with E-state index in [-0.39, 0.29) is 29.2 Å². The van der Waals surface area contributed by atoms with Crippen molar-refractivity contribution in [3.05, 3.63) is 48.0 Å². The van der Waals surface area contributed by atoms with Crippen LogP contribution in [0.25, 0.3) is 0 Å². The zero-order valence-corrected chi connectivity index (χ0v) is 20.7. The molecule has 0 spiro atoms. The van der Waals surface area contributed by atoms with Gasteiger partial charge in [0.1, 0.15) is 0 Å². The van der Waals surface area contributed by atoms with Crippen LogP contribution in [0.2, 0.25) is 0 Å². The highest BCUT2D eigenvalue weighted by atomic mass is 32.2. The summed E-state index contributed by atoms with van der Waals surface area (Å²) in [6, 6.07) is 11.7. The lowest BCUT2D eigenvalue weighted by atomic mass is 9.98. The third kappa shape index (κ3) is 5.54. The maximum atomic E-state index is 13.4. The van der Waals surface area contributed by atoms with Crippen molar-refractivity contribution in [2.45, 2.75) is 44.4 Å². The smallest absolute Gasteiger partial charge is 0.243 e. The number of hydrogen-bond acceptors (Lipinski definition) is 5. The molecule has 0 saturated carbocycles. The average molecular weight is 499 g/mol. The number of fused-ring (bicyclic) bond motifs is 1. The van der Waals surface area contributed by atoms with Gasteiger partial charge in [0.15, 0.2) is 0 Å². The van der Waals surface area contributed by atoms with Crippen molar-refractivity contribution in [2.75, 3.05) is 35.2 Å². The summed E-state index contributed by atoms with van der Waals surface area (Å²) < 4.78 is 28.2. The van der Waals surface area contributed by atoms with Crippen molar-refractivity contribution in [3.8, 4) is 0 Å². The fraction of sp³-hybridized carbons (Fsp3) is 0.400. The number of nitrogens with one attached hydrogen (secondary N) is 2. The van der Waals surface area contributed by atoms with Crippen molar-refractivity contribution in [2.24, 2.45) is 5.92 Å². The van der Waals surface area contributed by atoms with Gasteiger partial charge in [0.2, 0.25) is 27.7 Å². The summed E-state index contributed by atoms with van der Waals surface area (Å²) in [6.45, 7) is 4.02. The van der Waals surface area contributed by atoms with E-state index in [1.807, 2.05) is 0 Å². The molecular weight excluding hydrogens is 468 g/mol. The van der Waals surface area contributed by atoms with E-state index in [4.69, 9.17) is 0 Å². The largest absolute Gasteiger partial charge is 0.326 e. The van der Waals surface area contributed by atoms with Crippen LogP contribution in [0.15, 0.2) is 47.4 Å². The first-order chi connectivity index (χ1) is 16.6. The normalized spacial score (nSPS) is 18.5. The van der Waals surface area contributed by atoms with E-state index in [0.29, 0.717) is 43.7 Å². The number of nitrogens with zero attached hydrogens (tertiary/aromatic N) is 2. The van der Waals surface area contributed by atoms with Crippen LogP contribution in [0.5, 0.6) is 0 Å². The number of aryl methyl sites for hydroxylation is 1. The summed E-state index contributed by atoms with van der Waals surface area (Å²) in [5.74, 6) is -0.948. The zero-order chi connectivity index (χ0) is 25.2. The summed E-state index contributed by atoms with van der Waals surface area (Å²) in [6.07, 6.45) is 2.68. The Hall–Kier alpha value is -3.24. The Balaban J connectivity index is 1.46. The summed E-state index contributed by atoms with van der Waals surface area (Å²) in [5.41, 5.74) is 2.82. The lowest BCUT2D eigenvalue weighted by Crippen LogP contribution is -2.43. The second kappa shape index (κ2) is 10.2. The van der Waals surface area contributed by atoms with Crippen molar-refractivity contribution in [1.82, 2.24) is 4.31 Å². The Kier molecular flexibility index (Phi) is 7.23. The molecule has 1 atom stereocenters. The molecule has 2 heterocycles. The predicted octanol–water partition coefficient (Wildman–Crippen LogP) is 2.98. The number of carbonyl (C=O) groups is 3. The Morgan fingerprint density at radius 3 is 2.26 bits per heavy atom. The Labute approximate surface area is 205 Å². The topological polar surface area (TPSA) is 116 Å². The Morgan fingerprint density at radius 1 is 0.914 bits per heavy atom. The zero-order valence-electron chi connectivity index (χ0n) is 19.9. The number of rotatable bonds is 5. The molecular formula is C25H30N4O5S. The number of amides is 3. The Bertz CT molecular complexity index is 1240. The van der Waals surface area contributed by atoms with E-state index in [1.54, 1.807) is 47.4 Å². The summed E-state index contributed by atoms with van der Waals surface area (Å²) in [4.78, 5) is 37.8. The number of hydrogen-bond donors (Lipinski definition) is 2. The third-order valence-corrected chi connectivity index (χ3v) is 8.28. The van der Waals surface area contributed by atoms with Crippen LogP contribution in [-0.4, -0.2) is 50.1 Å². The van der Waals surface area contributed by atoms with Crippen molar-refractivity contribution >= 4 is 44.8 Å². The molecule has 1 fully saturated rings. The van der Waals surface area contributed by atoms with Crippen LogP contribution >= 0.6 is 0 Å². The molecule has 2 aliphatic rings. The van der Waals surface area contributed by atoms with E-state index in [9.17, 15) is 22.8 Å². The quantitative estimate of drug-likeness (QED) is 0.658. The molecule has 10 heteroatoms. The van der Waals surface area contributed by atoms with Crippen molar-refractivity contribution < 1.29 is 22.8 Å². The molecule has 2 N–H and O–H groups in total. The molecule has 2 aliphatic heterocycles. The number of anilines is 3. The van der Waals surface area contributed by atoms with E-state index in [1.165, 1.54) is 18.2 Å². The van der Waals surface area contributed by atoms with Crippen LogP contribution in [-0.2, 0) is 30.8 Å². The lowest BCUT2D eigenvalue weighted by molar-refractivity contribution is -0.121. The van der Waals surface area contributed by atoms with Gasteiger partial charge in [-0.1, -0.05) is 0 Å². The molecule has 2 aromatic rings. The van der Waals surface area contributed by atoms with Crippen LogP contribution in [0.1, 0.15) is 38.7 Å². The minimum atomic E-state index is -3.78. The van der Waals surface area contributed by atoms with E-state index >= 15 is 0 Å². The molecule has 186 valence electrons. The van der Waals surface area contributed by atoms with Crippen LogP contribution < -0.4 is 15.5 Å². The molecule has 35 heavy (non-hydrogen) atoms. The molecule has 0 aromatic heterocycles. The molecule has 0 bridgehead atoms. The van der Waals surface area contributed by atoms with Gasteiger partial charge < -0.3 is 15.5 Å². The van der Waals surface area contributed by atoms with Gasteiger partial charge in [-0.05, 0) is 73.7 Å². The first-order valence-corrected chi connectivity index (χ1v) is 13.2. The van der Waals surface area contributed by atoms with Gasteiger partial charge in [-0.3, -0.25) is 14.4 Å². The fourth-order valence-electron chi connectivity index (χ4n) is 4.67. The summed E-state index contributed by atoms with van der Waals surface area (Å²) in [7, 11) is -3.78. The molecule has 0 unspecified atom stereocenters. The maximum Gasteiger partial charge on any atom is 0.243 e. The average Bonchev–Trinajstić information content (AvgIpc) is 2.84. The molecule has 9 nitrogen and oxygen atoms in total. The van der Waals surface area contributed by atoms with Gasteiger partial charge in [-0.2, -0.15) is 4.31 Å². The Morgan fingerprint density at radius 2 is 1.60 bits per heavy atom. The first kappa shape index (κ1) is 24.9. The molecule has 2 aromatic carbocycles. The highest BCUT2D eigenvalue weighted by Crippen LogP contribution is 2.32. The van der Waals surface area contributed by atoms with Gasteiger partial charge in [-0.25, -0.2) is 8.42 Å². The van der Waals surface area contributed by atoms with Gasteiger partial charge in [0, 0.05) is 50.5 Å². The summed E-state index contributed by atoms with van der Waals surface area (Å²) >= 11 is 0. The monoisotopic (exact) mass is 498 g/mol. The summed E-state index contributed by atoms with van der Waals surface area (Å²) in [5, 5.41) is 5.52. The first-order valence-electron chi connectivity index (χ1n) is 11.7. The van der Waals surface area contributed by atoms with Crippen LogP contribution in [0.3, 0.4) is 0 Å². The maximum absolute atomic E-state index is 13.4. The molecule has 4 rings (SSSR count). The van der Waals surface area contributed by atoms with E-state index < -0.39 is 15.9 Å². The van der Waals surface area contributed by atoms with Crippen molar-refractivity contribution in [1.29, 1.82) is 0 Å². The van der Waals surface area contributed by atoms with Gasteiger partial charge in [-0.15, -0.1) is 0 Å². The van der Waals surface area contributed by atoms with Crippen molar-refractivity contribution in [3.63, 3.8) is 0 Å². The molecule has 0 aliphatic carbocycles. The number of benzene rings is 2. The van der Waals surface area contributed by atoms with E-state index in [0.717, 1.165) is 17.7 Å². The van der Waals surface area contributed by atoms with Crippen LogP contribution in [0, 0.1) is 5.92 Å². The van der Waals surface area contributed by atoms with E-state index in [2.05, 4.69) is 10.6 Å². The second-order valence-electron chi connectivity index (χ2n) is 9.01. The highest BCUT2D eigenvalue weighted by Gasteiger charge is 2.34. The molecule has 1 saturated heterocycles. The molecule has 0 radical (unpaired) electrons. The minimum Gasteiger partial charge on any atom is -0.326 e. The second-order valence-corrected chi connectivity index (χ2v) is 11.0. The number of piperidine rings is 1. The lowest BCUT2D eigenvalue weighted by Gasteiger charge is -2.32. The van der Waals surface area contributed by atoms with Gasteiger partial charge in [0.05, 0.1) is 10.8 Å². The van der Waals surface area contributed by atoms with Gasteiger partial charge in [0.25, 0.3) is 0 Å².